The second-order valence-corrected chi connectivity index (χ2v) is 7.19. The molecule has 8 heteroatoms. The molecular formula is C21H22ClN3O4. The molecule has 0 bridgehead atoms. The van der Waals surface area contributed by atoms with Crippen molar-refractivity contribution in [2.45, 2.75) is 25.4 Å². The van der Waals surface area contributed by atoms with Gasteiger partial charge in [0.25, 0.3) is 5.91 Å². The van der Waals surface area contributed by atoms with Crippen molar-refractivity contribution in [1.82, 2.24) is 10.2 Å². The average Bonchev–Trinajstić information content (AvgIpc) is 2.71. The van der Waals surface area contributed by atoms with Crippen LogP contribution < -0.4 is 11.1 Å². The van der Waals surface area contributed by atoms with Crippen molar-refractivity contribution >= 4 is 29.5 Å². The monoisotopic (exact) mass is 415 g/mol. The number of hydrogen-bond acceptors (Lipinski definition) is 4. The lowest BCUT2D eigenvalue weighted by Crippen LogP contribution is -2.39. The Morgan fingerprint density at radius 1 is 1.10 bits per heavy atom. The van der Waals surface area contributed by atoms with Gasteiger partial charge >= 0.3 is 12.0 Å². The predicted molar refractivity (Wildman–Crippen MR) is 108 cm³/mol. The molecular weight excluding hydrogens is 394 g/mol. The van der Waals surface area contributed by atoms with Gasteiger partial charge in [-0.1, -0.05) is 54.1 Å². The lowest BCUT2D eigenvalue weighted by molar-refractivity contribution is -0.152. The second kappa shape index (κ2) is 9.43. The van der Waals surface area contributed by atoms with Crippen LogP contribution in [-0.2, 0) is 27.3 Å². The number of esters is 1. The molecule has 0 aliphatic carbocycles. The molecule has 2 aromatic carbocycles. The minimum Gasteiger partial charge on any atom is -0.455 e. The number of rotatable bonds is 6. The first kappa shape index (κ1) is 20.7. The maximum absolute atomic E-state index is 12.4. The Hall–Kier alpha value is -3.06. The molecule has 1 aliphatic heterocycles. The fourth-order valence-corrected chi connectivity index (χ4v) is 3.60. The zero-order valence-electron chi connectivity index (χ0n) is 15.8. The minimum atomic E-state index is -0.786. The van der Waals surface area contributed by atoms with Gasteiger partial charge in [0, 0.05) is 18.1 Å². The zero-order valence-corrected chi connectivity index (χ0v) is 16.5. The van der Waals surface area contributed by atoms with E-state index in [4.69, 9.17) is 22.1 Å². The van der Waals surface area contributed by atoms with E-state index in [9.17, 15) is 14.4 Å². The molecule has 3 amide bonds. The lowest BCUT2D eigenvalue weighted by Gasteiger charge is -2.28. The van der Waals surface area contributed by atoms with Gasteiger partial charge in [0.2, 0.25) is 0 Å². The molecule has 0 aromatic heterocycles. The lowest BCUT2D eigenvalue weighted by atomic mass is 10.00. The number of halogens is 1. The van der Waals surface area contributed by atoms with Gasteiger partial charge in [-0.2, -0.15) is 0 Å². The Labute approximate surface area is 173 Å². The van der Waals surface area contributed by atoms with E-state index < -0.39 is 18.0 Å². The van der Waals surface area contributed by atoms with Gasteiger partial charge in [-0.25, -0.2) is 4.79 Å². The molecule has 0 radical (unpaired) electrons. The fourth-order valence-electron chi connectivity index (χ4n) is 3.34. The molecule has 0 saturated carbocycles. The fraction of sp³-hybridized carbons (Fsp3) is 0.286. The quantitative estimate of drug-likeness (QED) is 0.708. The Morgan fingerprint density at radius 3 is 2.52 bits per heavy atom. The van der Waals surface area contributed by atoms with E-state index in [1.165, 1.54) is 5.56 Å². The van der Waals surface area contributed by atoms with Crippen LogP contribution in [0.2, 0.25) is 5.02 Å². The molecule has 0 spiro atoms. The first-order chi connectivity index (χ1) is 13.9. The van der Waals surface area contributed by atoms with Gasteiger partial charge in [-0.3, -0.25) is 9.59 Å². The Bertz CT molecular complexity index is 918. The van der Waals surface area contributed by atoms with Crippen LogP contribution in [0.15, 0.2) is 48.5 Å². The highest BCUT2D eigenvalue weighted by atomic mass is 35.5. The SMILES string of the molecule is NC(=O)NC(CC(=O)OCC(=O)N1CCc2ccccc2C1)c1ccccc1Cl. The maximum atomic E-state index is 12.4. The summed E-state index contributed by atoms with van der Waals surface area (Å²) in [7, 11) is 0. The molecule has 1 aliphatic rings. The van der Waals surface area contributed by atoms with Crippen LogP contribution >= 0.6 is 11.6 Å². The molecule has 2 aromatic rings. The van der Waals surface area contributed by atoms with Gasteiger partial charge in [0.05, 0.1) is 12.5 Å². The van der Waals surface area contributed by atoms with Gasteiger partial charge in [-0.15, -0.1) is 0 Å². The van der Waals surface area contributed by atoms with Crippen molar-refractivity contribution in [2.75, 3.05) is 13.2 Å². The number of urea groups is 1. The van der Waals surface area contributed by atoms with Gasteiger partial charge in [-0.05, 0) is 29.2 Å². The number of benzene rings is 2. The molecule has 0 fully saturated rings. The van der Waals surface area contributed by atoms with E-state index in [-0.39, 0.29) is 18.9 Å². The van der Waals surface area contributed by atoms with E-state index in [0.29, 0.717) is 23.7 Å². The first-order valence-electron chi connectivity index (χ1n) is 9.24. The standard InChI is InChI=1S/C21H22ClN3O4/c22-17-8-4-3-7-16(17)18(24-21(23)28)11-20(27)29-13-19(26)25-10-9-14-5-1-2-6-15(14)12-25/h1-8,18H,9-13H2,(H3,23,24,28). The van der Waals surface area contributed by atoms with Crippen LogP contribution in [0, 0.1) is 0 Å². The Balaban J connectivity index is 1.56. The highest BCUT2D eigenvalue weighted by Gasteiger charge is 2.24. The van der Waals surface area contributed by atoms with E-state index in [1.54, 1.807) is 29.2 Å². The number of amides is 3. The highest BCUT2D eigenvalue weighted by Crippen LogP contribution is 2.25. The number of nitrogens with zero attached hydrogens (tertiary/aromatic N) is 1. The van der Waals surface area contributed by atoms with E-state index in [1.807, 2.05) is 18.2 Å². The molecule has 3 N–H and O–H groups in total. The normalized spacial score (nSPS) is 13.9. The Morgan fingerprint density at radius 2 is 1.79 bits per heavy atom. The molecule has 152 valence electrons. The number of ether oxygens (including phenoxy) is 1. The van der Waals surface area contributed by atoms with Crippen LogP contribution in [0.25, 0.3) is 0 Å². The van der Waals surface area contributed by atoms with Gasteiger partial charge in [0.15, 0.2) is 6.61 Å². The topological polar surface area (TPSA) is 102 Å². The van der Waals surface area contributed by atoms with Crippen molar-refractivity contribution in [3.05, 3.63) is 70.2 Å². The number of hydrogen-bond donors (Lipinski definition) is 2. The van der Waals surface area contributed by atoms with Crippen LogP contribution in [0.5, 0.6) is 0 Å². The van der Waals surface area contributed by atoms with Crippen molar-refractivity contribution in [2.24, 2.45) is 5.73 Å². The molecule has 7 nitrogen and oxygen atoms in total. The molecule has 0 saturated heterocycles. The van der Waals surface area contributed by atoms with Crippen molar-refractivity contribution in [1.29, 1.82) is 0 Å². The molecule has 1 atom stereocenters. The summed E-state index contributed by atoms with van der Waals surface area (Å²) in [6.07, 6.45) is 0.579. The van der Waals surface area contributed by atoms with Gasteiger partial charge < -0.3 is 20.7 Å². The summed E-state index contributed by atoms with van der Waals surface area (Å²) in [5.41, 5.74) is 8.08. The smallest absolute Gasteiger partial charge is 0.312 e. The largest absolute Gasteiger partial charge is 0.455 e. The van der Waals surface area contributed by atoms with Crippen LogP contribution in [0.3, 0.4) is 0 Å². The summed E-state index contributed by atoms with van der Waals surface area (Å²) in [4.78, 5) is 37.7. The summed E-state index contributed by atoms with van der Waals surface area (Å²) in [6.45, 7) is 0.726. The summed E-state index contributed by atoms with van der Waals surface area (Å²) in [5.74, 6) is -0.889. The highest BCUT2D eigenvalue weighted by molar-refractivity contribution is 6.31. The summed E-state index contributed by atoms with van der Waals surface area (Å²) < 4.78 is 5.15. The summed E-state index contributed by atoms with van der Waals surface area (Å²) in [6, 6.07) is 13.2. The zero-order chi connectivity index (χ0) is 20.8. The van der Waals surface area contributed by atoms with Crippen LogP contribution in [-0.4, -0.2) is 36.0 Å². The number of nitrogens with one attached hydrogen (secondary N) is 1. The van der Waals surface area contributed by atoms with Crippen molar-refractivity contribution in [3.8, 4) is 0 Å². The molecule has 1 heterocycles. The number of nitrogens with two attached hydrogens (primary N) is 1. The maximum Gasteiger partial charge on any atom is 0.312 e. The first-order valence-corrected chi connectivity index (χ1v) is 9.62. The van der Waals surface area contributed by atoms with Crippen molar-refractivity contribution < 1.29 is 19.1 Å². The number of carbonyl (C=O) groups excluding carboxylic acids is 3. The third kappa shape index (κ3) is 5.48. The summed E-state index contributed by atoms with van der Waals surface area (Å²) in [5, 5.41) is 2.88. The van der Waals surface area contributed by atoms with Crippen molar-refractivity contribution in [3.63, 3.8) is 0 Å². The average molecular weight is 416 g/mol. The third-order valence-corrected chi connectivity index (χ3v) is 5.15. The number of primary amides is 1. The molecule has 1 unspecified atom stereocenters. The van der Waals surface area contributed by atoms with E-state index >= 15 is 0 Å². The minimum absolute atomic E-state index is 0.192. The van der Waals surface area contributed by atoms with Gasteiger partial charge in [0.1, 0.15) is 0 Å². The number of fused-ring (bicyclic) bond motifs is 1. The Kier molecular flexibility index (Phi) is 6.72. The van der Waals surface area contributed by atoms with Crippen LogP contribution in [0.4, 0.5) is 4.79 Å². The molecule has 29 heavy (non-hydrogen) atoms. The predicted octanol–water partition coefficient (Wildman–Crippen LogP) is 2.57. The van der Waals surface area contributed by atoms with E-state index in [0.717, 1.165) is 12.0 Å². The van der Waals surface area contributed by atoms with E-state index in [2.05, 4.69) is 11.4 Å². The number of carbonyl (C=O) groups is 3. The summed E-state index contributed by atoms with van der Waals surface area (Å²) >= 11 is 6.15. The third-order valence-electron chi connectivity index (χ3n) is 4.81. The van der Waals surface area contributed by atoms with Crippen LogP contribution in [0.1, 0.15) is 29.2 Å². The molecule has 3 rings (SSSR count). The second-order valence-electron chi connectivity index (χ2n) is 6.78.